The predicted molar refractivity (Wildman–Crippen MR) is 174 cm³/mol. The Morgan fingerprint density at radius 3 is 1.98 bits per heavy atom. The minimum atomic E-state index is -0.798. The molecule has 5 N–H and O–H groups in total. The van der Waals surface area contributed by atoms with Crippen LogP contribution in [0.15, 0.2) is 18.2 Å². The van der Waals surface area contributed by atoms with Gasteiger partial charge in [-0.15, -0.1) is 0 Å². The number of ether oxygens (including phenoxy) is 6. The minimum absolute atomic E-state index is 0.0871. The Bertz CT molecular complexity index is 1260. The van der Waals surface area contributed by atoms with E-state index in [0.717, 1.165) is 30.6 Å². The molecule has 0 saturated carbocycles. The Morgan fingerprint density at radius 2 is 1.43 bits per heavy atom. The molecule has 1 heterocycles. The molecular formula is C29H44N6O11S. The van der Waals surface area contributed by atoms with Gasteiger partial charge in [0.05, 0.1) is 69.0 Å². The second-order valence-corrected chi connectivity index (χ2v) is 10.8. The first kappa shape index (κ1) is 39.2. The van der Waals surface area contributed by atoms with Gasteiger partial charge in [-0.3, -0.25) is 25.0 Å². The van der Waals surface area contributed by atoms with Gasteiger partial charge < -0.3 is 44.8 Å². The lowest BCUT2D eigenvalue weighted by molar-refractivity contribution is -0.380. The highest BCUT2D eigenvalue weighted by Crippen LogP contribution is 2.30. The van der Waals surface area contributed by atoms with Crippen LogP contribution in [0.3, 0.4) is 0 Å². The van der Waals surface area contributed by atoms with E-state index in [2.05, 4.69) is 25.7 Å². The van der Waals surface area contributed by atoms with E-state index in [9.17, 15) is 24.5 Å². The van der Waals surface area contributed by atoms with Crippen LogP contribution in [0.4, 0.5) is 26.3 Å². The molecule has 0 spiro atoms. The quantitative estimate of drug-likeness (QED) is 0.0635. The van der Waals surface area contributed by atoms with Crippen LogP contribution in [0.2, 0.25) is 0 Å². The molecule has 0 aliphatic heterocycles. The second kappa shape index (κ2) is 23.4. The second-order valence-electron chi connectivity index (χ2n) is 9.78. The fraction of sp³-hybridized carbons (Fsp3) is 0.586. The molecule has 0 radical (unpaired) electrons. The van der Waals surface area contributed by atoms with Crippen molar-refractivity contribution in [2.45, 2.75) is 33.1 Å². The van der Waals surface area contributed by atoms with Crippen molar-refractivity contribution in [1.82, 2.24) is 4.98 Å². The number of nitrogens with zero attached hydrogens (tertiary/aromatic N) is 2. The van der Waals surface area contributed by atoms with E-state index in [-0.39, 0.29) is 39.6 Å². The van der Waals surface area contributed by atoms with E-state index in [4.69, 9.17) is 29.4 Å². The normalized spacial score (nSPS) is 10.9. The number of unbranched alkanes of at least 4 members (excludes halogenated alkanes) is 2. The Hall–Kier alpha value is -3.94. The molecule has 262 valence electrons. The largest absolute Gasteiger partial charge is 0.447 e. The number of nitro groups is 1. The molecule has 18 heteroatoms. The van der Waals surface area contributed by atoms with Gasteiger partial charge in [0.15, 0.2) is 5.13 Å². The van der Waals surface area contributed by atoms with Gasteiger partial charge in [-0.25, -0.2) is 9.78 Å². The zero-order chi connectivity index (χ0) is 34.3. The molecule has 0 fully saturated rings. The van der Waals surface area contributed by atoms with Crippen LogP contribution in [0.1, 0.15) is 42.2 Å². The standard InChI is InChI=1S/C29H44N6O11S/c1-21-27(35(39)40)47-29(32-21)34-26(37)24-7-6-23(20-25(24)33-22(2)36)31-8-11-43-13-15-45-17-16-44-14-12-41-9-4-3-5-10-42-18-19-46-28(30)38/h6-7,20,31H,3-5,8-19H2,1-2H3,(H2,30,38)(H,33,36)(H,32,34,37). The molecular weight excluding hydrogens is 640 g/mol. The van der Waals surface area contributed by atoms with Gasteiger partial charge in [0.25, 0.3) is 5.91 Å². The van der Waals surface area contributed by atoms with Gasteiger partial charge in [0.2, 0.25) is 5.91 Å². The smallest absolute Gasteiger partial charge is 0.404 e. The fourth-order valence-corrected chi connectivity index (χ4v) is 4.62. The lowest BCUT2D eigenvalue weighted by Crippen LogP contribution is -2.17. The number of carbonyl (C=O) groups excluding carboxylic acids is 3. The SMILES string of the molecule is CC(=O)Nc1cc(NCCOCCOCCOCCOCCCCCOCCOC(N)=O)ccc1C(=O)Nc1nc(C)c([N+](=O)[O-])s1. The first-order valence-electron chi connectivity index (χ1n) is 15.1. The maximum absolute atomic E-state index is 12.8. The number of benzene rings is 1. The molecule has 0 unspecified atom stereocenters. The topological polar surface area (TPSA) is 225 Å². The molecule has 0 atom stereocenters. The average Bonchev–Trinajstić information content (AvgIpc) is 3.39. The monoisotopic (exact) mass is 684 g/mol. The van der Waals surface area contributed by atoms with Crippen LogP contribution in [0.5, 0.6) is 0 Å². The number of thiazole rings is 1. The lowest BCUT2D eigenvalue weighted by atomic mass is 10.1. The Morgan fingerprint density at radius 1 is 0.851 bits per heavy atom. The first-order valence-corrected chi connectivity index (χ1v) is 15.9. The van der Waals surface area contributed by atoms with Crippen LogP contribution < -0.4 is 21.7 Å². The summed E-state index contributed by atoms with van der Waals surface area (Å²) in [4.78, 5) is 49.5. The molecule has 0 aliphatic rings. The molecule has 17 nitrogen and oxygen atoms in total. The van der Waals surface area contributed by atoms with Crippen molar-refractivity contribution in [2.24, 2.45) is 5.73 Å². The summed E-state index contributed by atoms with van der Waals surface area (Å²) >= 11 is 0.757. The summed E-state index contributed by atoms with van der Waals surface area (Å²) in [5.74, 6) is -0.930. The van der Waals surface area contributed by atoms with Crippen LogP contribution in [0.25, 0.3) is 0 Å². The number of rotatable bonds is 26. The van der Waals surface area contributed by atoms with E-state index >= 15 is 0 Å². The van der Waals surface area contributed by atoms with Crippen molar-refractivity contribution < 1.29 is 47.7 Å². The van der Waals surface area contributed by atoms with E-state index in [0.29, 0.717) is 78.3 Å². The van der Waals surface area contributed by atoms with Crippen molar-refractivity contribution in [1.29, 1.82) is 0 Å². The van der Waals surface area contributed by atoms with E-state index in [1.165, 1.54) is 19.9 Å². The number of primary amides is 1. The van der Waals surface area contributed by atoms with Crippen molar-refractivity contribution in [3.8, 4) is 0 Å². The third-order valence-corrected chi connectivity index (χ3v) is 7.00. The number of nitrogens with two attached hydrogens (primary N) is 1. The fourth-order valence-electron chi connectivity index (χ4n) is 3.84. The molecule has 47 heavy (non-hydrogen) atoms. The Labute approximate surface area is 276 Å². The average molecular weight is 685 g/mol. The summed E-state index contributed by atoms with van der Waals surface area (Å²) in [5, 5.41) is 19.4. The summed E-state index contributed by atoms with van der Waals surface area (Å²) in [7, 11) is 0. The van der Waals surface area contributed by atoms with Crippen LogP contribution in [-0.2, 0) is 33.2 Å². The molecule has 1 aromatic carbocycles. The number of amides is 3. The molecule has 3 amide bonds. The number of aromatic nitrogens is 1. The van der Waals surface area contributed by atoms with Crippen molar-refractivity contribution in [3.63, 3.8) is 0 Å². The van der Waals surface area contributed by atoms with Gasteiger partial charge in [-0.2, -0.15) is 0 Å². The molecule has 2 rings (SSSR count). The van der Waals surface area contributed by atoms with Crippen LogP contribution >= 0.6 is 11.3 Å². The van der Waals surface area contributed by atoms with Gasteiger partial charge in [-0.05, 0) is 55.7 Å². The Kier molecular flexibility index (Phi) is 19.5. The third kappa shape index (κ3) is 17.5. The van der Waals surface area contributed by atoms with Crippen LogP contribution in [0, 0.1) is 17.0 Å². The zero-order valence-corrected chi connectivity index (χ0v) is 27.5. The molecule has 0 saturated heterocycles. The number of anilines is 3. The van der Waals surface area contributed by atoms with Gasteiger partial charge in [0, 0.05) is 32.4 Å². The zero-order valence-electron chi connectivity index (χ0n) is 26.7. The number of carbonyl (C=O) groups is 3. The molecule has 2 aromatic rings. The number of hydrogen-bond donors (Lipinski definition) is 4. The number of aryl methyl sites for hydroxylation is 1. The van der Waals surface area contributed by atoms with E-state index in [1.54, 1.807) is 12.1 Å². The molecule has 0 bridgehead atoms. The first-order chi connectivity index (χ1) is 22.7. The Balaban J connectivity index is 1.49. The van der Waals surface area contributed by atoms with Gasteiger partial charge >= 0.3 is 11.1 Å². The summed E-state index contributed by atoms with van der Waals surface area (Å²) in [6.45, 7) is 8.15. The van der Waals surface area contributed by atoms with Crippen molar-refractivity contribution >= 4 is 50.8 Å². The summed E-state index contributed by atoms with van der Waals surface area (Å²) in [6, 6.07) is 4.83. The summed E-state index contributed by atoms with van der Waals surface area (Å²) < 4.78 is 32.0. The minimum Gasteiger partial charge on any atom is -0.447 e. The summed E-state index contributed by atoms with van der Waals surface area (Å²) in [5.41, 5.74) is 6.16. The van der Waals surface area contributed by atoms with Gasteiger partial charge in [0.1, 0.15) is 12.3 Å². The highest BCUT2D eigenvalue weighted by Gasteiger charge is 2.21. The van der Waals surface area contributed by atoms with Gasteiger partial charge in [-0.1, -0.05) is 0 Å². The summed E-state index contributed by atoms with van der Waals surface area (Å²) in [6.07, 6.45) is 2.00. The third-order valence-electron chi connectivity index (χ3n) is 5.97. The highest BCUT2D eigenvalue weighted by molar-refractivity contribution is 7.19. The number of hydrogen-bond acceptors (Lipinski definition) is 14. The van der Waals surface area contributed by atoms with E-state index in [1.807, 2.05) is 0 Å². The number of nitrogens with one attached hydrogen (secondary N) is 3. The van der Waals surface area contributed by atoms with Crippen LogP contribution in [-0.4, -0.2) is 107 Å². The van der Waals surface area contributed by atoms with Crippen molar-refractivity contribution in [3.05, 3.63) is 39.6 Å². The predicted octanol–water partition coefficient (Wildman–Crippen LogP) is 3.33. The highest BCUT2D eigenvalue weighted by atomic mass is 32.1. The maximum Gasteiger partial charge on any atom is 0.404 e. The maximum atomic E-state index is 12.8. The van der Waals surface area contributed by atoms with Crippen molar-refractivity contribution in [2.75, 3.05) is 95.2 Å². The molecule has 0 aliphatic carbocycles. The van der Waals surface area contributed by atoms with E-state index < -0.39 is 16.9 Å². The lowest BCUT2D eigenvalue weighted by Gasteiger charge is -2.13. The molecule has 1 aromatic heterocycles.